The van der Waals surface area contributed by atoms with Crippen molar-refractivity contribution in [2.45, 2.75) is 49.3 Å². The third kappa shape index (κ3) is 3.80. The third-order valence-electron chi connectivity index (χ3n) is 2.62. The quantitative estimate of drug-likeness (QED) is 0.766. The summed E-state index contributed by atoms with van der Waals surface area (Å²) in [4.78, 5) is 0.709. The van der Waals surface area contributed by atoms with Gasteiger partial charge in [0.2, 0.25) is 0 Å². The van der Waals surface area contributed by atoms with E-state index in [1.54, 1.807) is 17.8 Å². The van der Waals surface area contributed by atoms with Gasteiger partial charge in [-0.25, -0.2) is 4.39 Å². The minimum atomic E-state index is -0.144. The number of thioether (sulfide) groups is 1. The van der Waals surface area contributed by atoms with E-state index < -0.39 is 0 Å². The van der Waals surface area contributed by atoms with Crippen LogP contribution in [0.5, 0.6) is 0 Å². The van der Waals surface area contributed by atoms with Gasteiger partial charge in [-0.15, -0.1) is 11.8 Å². The van der Waals surface area contributed by atoms with Crippen LogP contribution in [0.4, 0.5) is 4.39 Å². The first-order valence-corrected chi connectivity index (χ1v) is 6.73. The smallest absolute Gasteiger partial charge is 0.136 e. The first-order valence-electron chi connectivity index (χ1n) is 5.85. The highest BCUT2D eigenvalue weighted by molar-refractivity contribution is 8.00. The summed E-state index contributed by atoms with van der Waals surface area (Å²) in [6.45, 7) is 4.23. The molecule has 3 heteroatoms. The molecule has 1 aromatic carbocycles. The van der Waals surface area contributed by atoms with Crippen molar-refractivity contribution < 1.29 is 4.39 Å². The third-order valence-corrected chi connectivity index (χ3v) is 4.19. The molecule has 0 bridgehead atoms. The molecule has 0 spiro atoms. The van der Waals surface area contributed by atoms with Crippen molar-refractivity contribution in [2.75, 3.05) is 0 Å². The van der Waals surface area contributed by atoms with E-state index in [1.165, 1.54) is 6.07 Å². The van der Waals surface area contributed by atoms with E-state index in [0.717, 1.165) is 19.3 Å². The zero-order valence-electron chi connectivity index (χ0n) is 9.95. The molecule has 0 aliphatic carbocycles. The zero-order valence-corrected chi connectivity index (χ0v) is 10.8. The lowest BCUT2D eigenvalue weighted by Gasteiger charge is -2.21. The molecule has 0 saturated heterocycles. The summed E-state index contributed by atoms with van der Waals surface area (Å²) >= 11 is 1.56. The van der Waals surface area contributed by atoms with Gasteiger partial charge in [-0.2, -0.15) is 0 Å². The Kier molecular flexibility index (Phi) is 5.85. The van der Waals surface area contributed by atoms with Gasteiger partial charge >= 0.3 is 0 Å². The highest BCUT2D eigenvalue weighted by Crippen LogP contribution is 2.30. The fraction of sp³-hybridized carbons (Fsp3) is 0.538. The molecule has 0 aliphatic rings. The van der Waals surface area contributed by atoms with Gasteiger partial charge in [-0.1, -0.05) is 32.4 Å². The van der Waals surface area contributed by atoms with Crippen LogP contribution in [0.15, 0.2) is 29.2 Å². The first kappa shape index (κ1) is 13.5. The molecule has 0 aliphatic heterocycles. The normalized spacial score (nSPS) is 14.8. The molecular weight excluding hydrogens is 221 g/mol. The standard InChI is InChI=1S/C13H20FNS/c1-3-7-11(15)12(4-2)16-13-9-6-5-8-10(13)14/h5-6,8-9,11-12H,3-4,7,15H2,1-2H3. The minimum absolute atomic E-state index is 0.144. The van der Waals surface area contributed by atoms with Gasteiger partial charge in [0, 0.05) is 16.2 Å². The van der Waals surface area contributed by atoms with Gasteiger partial charge in [-0.05, 0) is 25.0 Å². The molecule has 16 heavy (non-hydrogen) atoms. The summed E-state index contributed by atoms with van der Waals surface area (Å²) < 4.78 is 13.5. The summed E-state index contributed by atoms with van der Waals surface area (Å²) in [7, 11) is 0. The lowest BCUT2D eigenvalue weighted by Crippen LogP contribution is -2.31. The molecule has 2 N–H and O–H groups in total. The van der Waals surface area contributed by atoms with Gasteiger partial charge in [0.05, 0.1) is 0 Å². The Hall–Kier alpha value is -0.540. The Bertz CT molecular complexity index is 317. The van der Waals surface area contributed by atoms with Gasteiger partial charge < -0.3 is 5.73 Å². The lowest BCUT2D eigenvalue weighted by atomic mass is 10.1. The van der Waals surface area contributed by atoms with Crippen LogP contribution in [-0.4, -0.2) is 11.3 Å². The summed E-state index contributed by atoms with van der Waals surface area (Å²) in [6, 6.07) is 7.05. The largest absolute Gasteiger partial charge is 0.327 e. The molecule has 90 valence electrons. The predicted octanol–water partition coefficient (Wildman–Crippen LogP) is 3.82. The highest BCUT2D eigenvalue weighted by atomic mass is 32.2. The maximum Gasteiger partial charge on any atom is 0.136 e. The molecule has 1 nitrogen and oxygen atoms in total. The average Bonchev–Trinajstić information content (AvgIpc) is 2.28. The average molecular weight is 241 g/mol. The van der Waals surface area contributed by atoms with Crippen molar-refractivity contribution in [1.82, 2.24) is 0 Å². The Morgan fingerprint density at radius 3 is 2.56 bits per heavy atom. The monoisotopic (exact) mass is 241 g/mol. The molecule has 1 rings (SSSR count). The van der Waals surface area contributed by atoms with E-state index in [4.69, 9.17) is 5.73 Å². The summed E-state index contributed by atoms with van der Waals surface area (Å²) in [5.41, 5.74) is 6.09. The van der Waals surface area contributed by atoms with E-state index in [2.05, 4.69) is 13.8 Å². The number of hydrogen-bond acceptors (Lipinski definition) is 2. The van der Waals surface area contributed by atoms with Crippen molar-refractivity contribution >= 4 is 11.8 Å². The van der Waals surface area contributed by atoms with E-state index >= 15 is 0 Å². The van der Waals surface area contributed by atoms with Crippen LogP contribution in [0.25, 0.3) is 0 Å². The Balaban J connectivity index is 2.66. The molecule has 1 aromatic rings. The lowest BCUT2D eigenvalue weighted by molar-refractivity contribution is 0.563. The van der Waals surface area contributed by atoms with Gasteiger partial charge in [0.25, 0.3) is 0 Å². The second-order valence-corrected chi connectivity index (χ2v) is 5.23. The highest BCUT2D eigenvalue weighted by Gasteiger charge is 2.17. The Labute approximate surface area is 102 Å². The van der Waals surface area contributed by atoms with Gasteiger partial charge in [0.1, 0.15) is 5.82 Å². The zero-order chi connectivity index (χ0) is 12.0. The van der Waals surface area contributed by atoms with Crippen molar-refractivity contribution in [3.05, 3.63) is 30.1 Å². The molecule has 0 heterocycles. The van der Waals surface area contributed by atoms with Gasteiger partial charge in [0.15, 0.2) is 0 Å². The summed E-state index contributed by atoms with van der Waals surface area (Å²) in [5, 5.41) is 0.303. The minimum Gasteiger partial charge on any atom is -0.327 e. The molecule has 0 aromatic heterocycles. The van der Waals surface area contributed by atoms with Crippen LogP contribution in [0, 0.1) is 5.82 Å². The number of benzene rings is 1. The van der Waals surface area contributed by atoms with Gasteiger partial charge in [-0.3, -0.25) is 0 Å². The number of halogens is 1. The molecule has 2 atom stereocenters. The van der Waals surface area contributed by atoms with Crippen LogP contribution in [-0.2, 0) is 0 Å². The molecule has 0 amide bonds. The fourth-order valence-electron chi connectivity index (χ4n) is 1.70. The second-order valence-electron chi connectivity index (χ2n) is 3.95. The van der Waals surface area contributed by atoms with Crippen LogP contribution in [0.1, 0.15) is 33.1 Å². The first-order chi connectivity index (χ1) is 7.69. The Morgan fingerprint density at radius 1 is 1.31 bits per heavy atom. The molecule has 0 radical (unpaired) electrons. The number of hydrogen-bond donors (Lipinski definition) is 1. The number of rotatable bonds is 6. The van der Waals surface area contributed by atoms with Crippen LogP contribution in [0.2, 0.25) is 0 Å². The maximum absolute atomic E-state index is 13.5. The van der Waals surface area contributed by atoms with Crippen LogP contribution >= 0.6 is 11.8 Å². The van der Waals surface area contributed by atoms with Crippen LogP contribution < -0.4 is 5.73 Å². The predicted molar refractivity (Wildman–Crippen MR) is 69.2 cm³/mol. The summed E-state index contributed by atoms with van der Waals surface area (Å²) in [6.07, 6.45) is 3.05. The van der Waals surface area contributed by atoms with E-state index in [-0.39, 0.29) is 11.9 Å². The molecular formula is C13H20FNS. The molecule has 0 fully saturated rings. The van der Waals surface area contributed by atoms with Crippen molar-refractivity contribution in [2.24, 2.45) is 5.73 Å². The van der Waals surface area contributed by atoms with E-state index in [1.807, 2.05) is 12.1 Å². The second kappa shape index (κ2) is 6.92. The Morgan fingerprint density at radius 2 is 2.00 bits per heavy atom. The maximum atomic E-state index is 13.5. The fourth-order valence-corrected chi connectivity index (χ4v) is 2.84. The molecule has 2 unspecified atom stereocenters. The summed E-state index contributed by atoms with van der Waals surface area (Å²) in [5.74, 6) is -0.144. The number of nitrogens with two attached hydrogens (primary N) is 1. The van der Waals surface area contributed by atoms with Crippen molar-refractivity contribution in [3.63, 3.8) is 0 Å². The van der Waals surface area contributed by atoms with Crippen molar-refractivity contribution in [1.29, 1.82) is 0 Å². The van der Waals surface area contributed by atoms with Crippen LogP contribution in [0.3, 0.4) is 0 Å². The molecule has 0 saturated carbocycles. The van der Waals surface area contributed by atoms with E-state index in [9.17, 15) is 4.39 Å². The topological polar surface area (TPSA) is 26.0 Å². The van der Waals surface area contributed by atoms with Crippen molar-refractivity contribution in [3.8, 4) is 0 Å². The van der Waals surface area contributed by atoms with E-state index in [0.29, 0.717) is 10.1 Å². The SMILES string of the molecule is CCCC(N)C(CC)Sc1ccccc1F.